The molecule has 0 radical (unpaired) electrons. The molecule has 0 atom stereocenters. The molecule has 2 heterocycles. The third-order valence-electron chi connectivity index (χ3n) is 5.90. The number of hydrogen-bond donors (Lipinski definition) is 2. The number of nitrogens with one attached hydrogen (secondary N) is 1. The van der Waals surface area contributed by atoms with Crippen LogP contribution in [0.3, 0.4) is 0 Å². The number of benzene rings is 2. The molecule has 2 aromatic carbocycles. The molecule has 0 fully saturated rings. The molecular formula is C26H29ClN6O6. The number of hydrazine groups is 1. The van der Waals surface area contributed by atoms with Gasteiger partial charge in [-0.2, -0.15) is 0 Å². The van der Waals surface area contributed by atoms with E-state index in [0.717, 1.165) is 31.8 Å². The van der Waals surface area contributed by atoms with E-state index < -0.39 is 22.5 Å². The Bertz CT molecular complexity index is 1670. The molecule has 0 aliphatic rings. The molecule has 0 aliphatic carbocycles. The Hall–Kier alpha value is -4.55. The minimum atomic E-state index is -0.437. The van der Waals surface area contributed by atoms with Gasteiger partial charge in [-0.15, -0.1) is 0 Å². The molecule has 3 N–H and O–H groups in total. The van der Waals surface area contributed by atoms with Gasteiger partial charge in [-0.3, -0.25) is 27.9 Å². The van der Waals surface area contributed by atoms with Crippen molar-refractivity contribution in [2.24, 2.45) is 19.9 Å². The summed E-state index contributed by atoms with van der Waals surface area (Å²) < 4.78 is 14.9. The lowest BCUT2D eigenvalue weighted by molar-refractivity contribution is 0.414. The van der Waals surface area contributed by atoms with Crippen molar-refractivity contribution in [3.05, 3.63) is 119 Å². The predicted octanol–water partition coefficient (Wildman–Crippen LogP) is 1.15. The van der Waals surface area contributed by atoms with E-state index in [2.05, 4.69) is 5.43 Å². The maximum atomic E-state index is 12.1. The number of rotatable bonds is 7. The fourth-order valence-corrected chi connectivity index (χ4v) is 3.78. The van der Waals surface area contributed by atoms with Gasteiger partial charge in [0.15, 0.2) is 0 Å². The monoisotopic (exact) mass is 556 g/mol. The number of hydrogen-bond acceptors (Lipinski definition) is 8. The summed E-state index contributed by atoms with van der Waals surface area (Å²) in [5, 5.41) is 0.129. The highest BCUT2D eigenvalue weighted by Crippen LogP contribution is 2.14. The van der Waals surface area contributed by atoms with Crippen LogP contribution < -0.4 is 43.2 Å². The number of anilines is 1. The van der Waals surface area contributed by atoms with E-state index in [0.29, 0.717) is 13.1 Å². The average Bonchev–Trinajstić information content (AvgIpc) is 2.95. The van der Waals surface area contributed by atoms with E-state index in [1.165, 1.54) is 35.4 Å². The van der Waals surface area contributed by atoms with Gasteiger partial charge >= 0.3 is 11.4 Å². The first kappa shape index (κ1) is 29.0. The predicted molar refractivity (Wildman–Crippen MR) is 149 cm³/mol. The van der Waals surface area contributed by atoms with Crippen molar-refractivity contribution in [3.8, 4) is 11.5 Å². The van der Waals surface area contributed by atoms with Crippen molar-refractivity contribution in [2.75, 3.05) is 19.6 Å². The van der Waals surface area contributed by atoms with Crippen molar-refractivity contribution in [1.29, 1.82) is 0 Å². The fraction of sp³-hybridized carbons (Fsp3) is 0.231. The van der Waals surface area contributed by atoms with Crippen LogP contribution in [0.25, 0.3) is 0 Å². The summed E-state index contributed by atoms with van der Waals surface area (Å²) in [5.41, 5.74) is 2.47. The van der Waals surface area contributed by atoms with E-state index in [9.17, 15) is 19.2 Å². The zero-order valence-corrected chi connectivity index (χ0v) is 22.6. The van der Waals surface area contributed by atoms with Crippen LogP contribution in [-0.4, -0.2) is 32.5 Å². The summed E-state index contributed by atoms with van der Waals surface area (Å²) in [5.74, 6) is 7.11. The van der Waals surface area contributed by atoms with Crippen molar-refractivity contribution in [1.82, 2.24) is 18.3 Å². The summed E-state index contributed by atoms with van der Waals surface area (Å²) in [6, 6.07) is 17.1. The van der Waals surface area contributed by atoms with E-state index in [4.69, 9.17) is 26.9 Å². The zero-order chi connectivity index (χ0) is 28.7. The number of nitrogens with two attached hydrogens (primary N) is 1. The molecular weight excluding hydrogens is 528 g/mol. The second-order valence-electron chi connectivity index (χ2n) is 8.37. The van der Waals surface area contributed by atoms with Crippen LogP contribution in [0.4, 0.5) is 5.82 Å². The highest BCUT2D eigenvalue weighted by molar-refractivity contribution is 6.29. The van der Waals surface area contributed by atoms with Crippen molar-refractivity contribution in [3.63, 3.8) is 0 Å². The lowest BCUT2D eigenvalue weighted by Crippen LogP contribution is -2.39. The van der Waals surface area contributed by atoms with Gasteiger partial charge < -0.3 is 14.9 Å². The molecule has 0 bridgehead atoms. The Labute approximate surface area is 228 Å². The molecule has 39 heavy (non-hydrogen) atoms. The number of aromatic nitrogens is 4. The van der Waals surface area contributed by atoms with E-state index in [-0.39, 0.29) is 11.0 Å². The summed E-state index contributed by atoms with van der Waals surface area (Å²) in [6.07, 6.45) is 0. The van der Waals surface area contributed by atoms with Gasteiger partial charge in [-0.05, 0) is 35.4 Å². The van der Waals surface area contributed by atoms with Crippen LogP contribution in [0.1, 0.15) is 11.1 Å². The Morgan fingerprint density at radius 1 is 0.718 bits per heavy atom. The number of nitrogens with zero attached hydrogens (tertiary/aromatic N) is 4. The third kappa shape index (κ3) is 6.86. The van der Waals surface area contributed by atoms with Gasteiger partial charge in [0, 0.05) is 26.2 Å². The van der Waals surface area contributed by atoms with Crippen molar-refractivity contribution < 1.29 is 9.47 Å². The quantitative estimate of drug-likeness (QED) is 0.196. The third-order valence-corrected chi connectivity index (χ3v) is 6.21. The van der Waals surface area contributed by atoms with Crippen molar-refractivity contribution in [2.45, 2.75) is 13.1 Å². The zero-order valence-electron chi connectivity index (χ0n) is 21.9. The lowest BCUT2D eigenvalue weighted by atomic mass is 10.2. The number of halogens is 1. The standard InChI is InChI=1S/C13H13ClN2O3.C13H16N4O3/c1-15-12(17)7-11(14)16(13(15)18)8-9-3-5-10(19-2)6-4-9;1-16-12(18)7-11(15-14)17(13(16)19)8-9-3-5-10(20-2)6-4-9/h3-7H,8H2,1-2H3;3-7,15H,8,14H2,1-2H3. The molecule has 12 nitrogen and oxygen atoms in total. The minimum absolute atomic E-state index is 0.129. The van der Waals surface area contributed by atoms with Gasteiger partial charge in [-0.25, -0.2) is 15.4 Å². The first-order valence-electron chi connectivity index (χ1n) is 11.6. The van der Waals surface area contributed by atoms with Gasteiger partial charge in [-0.1, -0.05) is 35.9 Å². The first-order valence-corrected chi connectivity index (χ1v) is 12.0. The summed E-state index contributed by atoms with van der Waals surface area (Å²) >= 11 is 5.94. The normalized spacial score (nSPS) is 10.4. The molecule has 0 aliphatic heterocycles. The highest BCUT2D eigenvalue weighted by Gasteiger charge is 2.10. The second kappa shape index (κ2) is 12.8. The van der Waals surface area contributed by atoms with E-state index in [1.54, 1.807) is 38.5 Å². The van der Waals surface area contributed by atoms with Crippen LogP contribution >= 0.6 is 11.6 Å². The molecule has 0 amide bonds. The molecule has 0 spiro atoms. The largest absolute Gasteiger partial charge is 0.497 e. The lowest BCUT2D eigenvalue weighted by Gasteiger charge is -2.13. The average molecular weight is 557 g/mol. The van der Waals surface area contributed by atoms with Gasteiger partial charge in [0.05, 0.1) is 27.3 Å². The van der Waals surface area contributed by atoms with Crippen LogP contribution in [0.5, 0.6) is 11.5 Å². The maximum Gasteiger partial charge on any atom is 0.332 e. The van der Waals surface area contributed by atoms with Crippen LogP contribution in [0, 0.1) is 0 Å². The smallest absolute Gasteiger partial charge is 0.332 e. The summed E-state index contributed by atoms with van der Waals surface area (Å²) in [6.45, 7) is 0.603. The molecule has 4 rings (SSSR count). The minimum Gasteiger partial charge on any atom is -0.497 e. The Morgan fingerprint density at radius 3 is 1.56 bits per heavy atom. The second-order valence-corrected chi connectivity index (χ2v) is 8.76. The maximum absolute atomic E-state index is 12.1. The molecule has 0 unspecified atom stereocenters. The molecule has 206 valence electrons. The Kier molecular flexibility index (Phi) is 9.52. The van der Waals surface area contributed by atoms with Crippen LogP contribution in [-0.2, 0) is 27.2 Å². The summed E-state index contributed by atoms with van der Waals surface area (Å²) in [4.78, 5) is 47.0. The van der Waals surface area contributed by atoms with Crippen LogP contribution in [0.15, 0.2) is 79.8 Å². The van der Waals surface area contributed by atoms with Gasteiger partial charge in [0.25, 0.3) is 11.1 Å². The molecule has 13 heteroatoms. The van der Waals surface area contributed by atoms with E-state index in [1.807, 2.05) is 24.3 Å². The summed E-state index contributed by atoms with van der Waals surface area (Å²) in [7, 11) is 6.02. The topological polar surface area (TPSA) is 145 Å². The molecule has 0 saturated heterocycles. The number of methoxy groups -OCH3 is 2. The first-order chi connectivity index (χ1) is 18.6. The number of ether oxygens (including phenoxy) is 2. The molecule has 0 saturated carbocycles. The Balaban J connectivity index is 0.000000216. The van der Waals surface area contributed by atoms with E-state index >= 15 is 0 Å². The Morgan fingerprint density at radius 2 is 1.13 bits per heavy atom. The van der Waals surface area contributed by atoms with Gasteiger partial charge in [0.2, 0.25) is 0 Å². The molecule has 4 aromatic rings. The van der Waals surface area contributed by atoms with Crippen LogP contribution in [0.2, 0.25) is 5.15 Å². The fourth-order valence-electron chi connectivity index (χ4n) is 3.56. The van der Waals surface area contributed by atoms with Gasteiger partial charge in [0.1, 0.15) is 22.5 Å². The number of nitrogen functional groups attached to an aromatic ring is 1. The SMILES string of the molecule is COc1ccc(Cn2c(Cl)cc(=O)n(C)c2=O)cc1.COc1ccc(Cn2c(NN)cc(=O)n(C)c2=O)cc1. The molecule has 2 aromatic heterocycles. The van der Waals surface area contributed by atoms with Crippen molar-refractivity contribution >= 4 is 17.4 Å². The highest BCUT2D eigenvalue weighted by atomic mass is 35.5.